The minimum atomic E-state index is -0.979. The van der Waals surface area contributed by atoms with E-state index in [1.54, 1.807) is 0 Å². The predicted octanol–water partition coefficient (Wildman–Crippen LogP) is 2.75. The maximum Gasteiger partial charge on any atom is 0.341 e. The van der Waals surface area contributed by atoms with Gasteiger partial charge in [-0.2, -0.15) is 0 Å². The number of hydrogen-bond donors (Lipinski definition) is 1. The molecule has 0 radical (unpaired) electrons. The number of aromatic carboxylic acids is 1. The highest BCUT2D eigenvalue weighted by atomic mass is 16.4. The quantitative estimate of drug-likeness (QED) is 0.938. The third-order valence-corrected chi connectivity index (χ3v) is 3.68. The average Bonchev–Trinajstić information content (AvgIpc) is 3.00. The van der Waals surface area contributed by atoms with Crippen LogP contribution in [0.25, 0.3) is 11.4 Å². The molecular weight excluding hydrogens is 266 g/mol. The molecule has 1 fully saturated rings. The molecule has 0 atom stereocenters. The number of rotatable bonds is 3. The molecule has 0 bridgehead atoms. The van der Waals surface area contributed by atoms with E-state index in [0.29, 0.717) is 11.6 Å². The number of aryl methyl sites for hydroxylation is 1. The zero-order valence-corrected chi connectivity index (χ0v) is 11.9. The van der Waals surface area contributed by atoms with Crippen LogP contribution in [0.4, 0.5) is 5.82 Å². The summed E-state index contributed by atoms with van der Waals surface area (Å²) in [6.07, 6.45) is 3.56. The van der Waals surface area contributed by atoms with E-state index in [1.165, 1.54) is 6.20 Å². The lowest BCUT2D eigenvalue weighted by molar-refractivity contribution is 0.0696. The van der Waals surface area contributed by atoms with Crippen molar-refractivity contribution in [1.29, 1.82) is 0 Å². The number of anilines is 1. The number of benzene rings is 1. The zero-order chi connectivity index (χ0) is 14.8. The molecular formula is C16H17N3O2. The van der Waals surface area contributed by atoms with Crippen molar-refractivity contribution in [3.63, 3.8) is 0 Å². The summed E-state index contributed by atoms with van der Waals surface area (Å²) in [7, 11) is 0. The standard InChI is InChI=1S/C16H17N3O2/c1-11-5-4-6-12(9-11)14-17-10-13(16(20)21)15(18-14)19-7-2-3-8-19/h4-6,9-10H,2-3,7-8H2,1H3,(H,20,21). The molecule has 21 heavy (non-hydrogen) atoms. The zero-order valence-electron chi connectivity index (χ0n) is 11.9. The number of hydrogen-bond acceptors (Lipinski definition) is 4. The van der Waals surface area contributed by atoms with Gasteiger partial charge in [0.15, 0.2) is 5.82 Å². The van der Waals surface area contributed by atoms with Crippen LogP contribution >= 0.6 is 0 Å². The third-order valence-electron chi connectivity index (χ3n) is 3.68. The number of carbonyl (C=O) groups is 1. The van der Waals surface area contributed by atoms with Crippen molar-refractivity contribution in [2.75, 3.05) is 18.0 Å². The van der Waals surface area contributed by atoms with Crippen LogP contribution in [-0.2, 0) is 0 Å². The Kier molecular flexibility index (Phi) is 3.56. The second kappa shape index (κ2) is 5.52. The molecule has 2 aromatic rings. The summed E-state index contributed by atoms with van der Waals surface area (Å²) >= 11 is 0. The first-order chi connectivity index (χ1) is 10.1. The fraction of sp³-hybridized carbons (Fsp3) is 0.312. The molecule has 1 aromatic heterocycles. The molecule has 5 nitrogen and oxygen atoms in total. The molecule has 1 N–H and O–H groups in total. The molecule has 3 rings (SSSR count). The summed E-state index contributed by atoms with van der Waals surface area (Å²) in [5, 5.41) is 9.32. The Morgan fingerprint density at radius 1 is 1.29 bits per heavy atom. The van der Waals surface area contributed by atoms with E-state index in [4.69, 9.17) is 0 Å². The van der Waals surface area contributed by atoms with Gasteiger partial charge in [-0.25, -0.2) is 14.8 Å². The Morgan fingerprint density at radius 3 is 2.71 bits per heavy atom. The average molecular weight is 283 g/mol. The largest absolute Gasteiger partial charge is 0.477 e. The van der Waals surface area contributed by atoms with Gasteiger partial charge in [0.1, 0.15) is 11.4 Å². The molecule has 0 saturated carbocycles. The first kappa shape index (κ1) is 13.5. The minimum Gasteiger partial charge on any atom is -0.477 e. The Bertz CT molecular complexity index is 679. The molecule has 1 aromatic carbocycles. The number of aromatic nitrogens is 2. The molecule has 5 heteroatoms. The van der Waals surface area contributed by atoms with Crippen molar-refractivity contribution in [2.45, 2.75) is 19.8 Å². The van der Waals surface area contributed by atoms with Gasteiger partial charge in [0, 0.05) is 24.8 Å². The topological polar surface area (TPSA) is 66.3 Å². The van der Waals surface area contributed by atoms with E-state index in [1.807, 2.05) is 36.1 Å². The SMILES string of the molecule is Cc1cccc(-c2ncc(C(=O)O)c(N3CCCC3)n2)c1. The summed E-state index contributed by atoms with van der Waals surface area (Å²) < 4.78 is 0. The van der Waals surface area contributed by atoms with Crippen LogP contribution in [0.3, 0.4) is 0 Å². The molecule has 0 aliphatic carbocycles. The van der Waals surface area contributed by atoms with Crippen molar-refractivity contribution < 1.29 is 9.90 Å². The maximum absolute atomic E-state index is 11.4. The summed E-state index contributed by atoms with van der Waals surface area (Å²) in [6, 6.07) is 7.91. The van der Waals surface area contributed by atoms with Crippen molar-refractivity contribution in [3.8, 4) is 11.4 Å². The van der Waals surface area contributed by atoms with Gasteiger partial charge >= 0.3 is 5.97 Å². The van der Waals surface area contributed by atoms with Gasteiger partial charge in [-0.3, -0.25) is 0 Å². The molecule has 0 unspecified atom stereocenters. The smallest absolute Gasteiger partial charge is 0.341 e. The van der Waals surface area contributed by atoms with Crippen LogP contribution in [-0.4, -0.2) is 34.1 Å². The summed E-state index contributed by atoms with van der Waals surface area (Å²) in [5.41, 5.74) is 2.21. The predicted molar refractivity (Wildman–Crippen MR) is 80.6 cm³/mol. The highest BCUT2D eigenvalue weighted by molar-refractivity contribution is 5.93. The Labute approximate surface area is 123 Å². The van der Waals surface area contributed by atoms with Crippen LogP contribution in [0, 0.1) is 6.92 Å². The van der Waals surface area contributed by atoms with Crippen molar-refractivity contribution in [1.82, 2.24) is 9.97 Å². The van der Waals surface area contributed by atoms with Gasteiger partial charge < -0.3 is 10.0 Å². The van der Waals surface area contributed by atoms with Crippen molar-refractivity contribution >= 4 is 11.8 Å². The highest BCUT2D eigenvalue weighted by Crippen LogP contribution is 2.25. The fourth-order valence-electron chi connectivity index (χ4n) is 2.62. The Hall–Kier alpha value is -2.43. The number of carboxylic acid groups (broad SMARTS) is 1. The first-order valence-corrected chi connectivity index (χ1v) is 7.07. The van der Waals surface area contributed by atoms with Crippen LogP contribution in [0.15, 0.2) is 30.5 Å². The fourth-order valence-corrected chi connectivity index (χ4v) is 2.62. The lowest BCUT2D eigenvalue weighted by Gasteiger charge is -2.19. The van der Waals surface area contributed by atoms with E-state index in [-0.39, 0.29) is 5.56 Å². The van der Waals surface area contributed by atoms with Crippen molar-refractivity contribution in [3.05, 3.63) is 41.6 Å². The lowest BCUT2D eigenvalue weighted by atomic mass is 10.1. The van der Waals surface area contributed by atoms with Crippen LogP contribution in [0.5, 0.6) is 0 Å². The molecule has 1 aliphatic rings. The molecule has 0 spiro atoms. The monoisotopic (exact) mass is 283 g/mol. The lowest BCUT2D eigenvalue weighted by Crippen LogP contribution is -2.22. The van der Waals surface area contributed by atoms with E-state index in [9.17, 15) is 9.90 Å². The molecule has 2 heterocycles. The third kappa shape index (κ3) is 2.72. The number of carboxylic acids is 1. The normalized spacial score (nSPS) is 14.4. The molecule has 1 saturated heterocycles. The summed E-state index contributed by atoms with van der Waals surface area (Å²) in [6.45, 7) is 3.71. The maximum atomic E-state index is 11.4. The second-order valence-electron chi connectivity index (χ2n) is 5.30. The van der Waals surface area contributed by atoms with Gasteiger partial charge in [-0.15, -0.1) is 0 Å². The highest BCUT2D eigenvalue weighted by Gasteiger charge is 2.22. The number of nitrogens with zero attached hydrogens (tertiary/aromatic N) is 3. The van der Waals surface area contributed by atoms with E-state index >= 15 is 0 Å². The van der Waals surface area contributed by atoms with Gasteiger partial charge in [0.2, 0.25) is 0 Å². The van der Waals surface area contributed by atoms with Gasteiger partial charge in [0.25, 0.3) is 0 Å². The summed E-state index contributed by atoms with van der Waals surface area (Å²) in [4.78, 5) is 22.2. The van der Waals surface area contributed by atoms with Gasteiger partial charge in [-0.1, -0.05) is 23.8 Å². The van der Waals surface area contributed by atoms with E-state index in [0.717, 1.165) is 37.1 Å². The van der Waals surface area contributed by atoms with Crippen molar-refractivity contribution in [2.24, 2.45) is 0 Å². The van der Waals surface area contributed by atoms with Crippen LogP contribution in [0.2, 0.25) is 0 Å². The Balaban J connectivity index is 2.07. The van der Waals surface area contributed by atoms with E-state index in [2.05, 4.69) is 9.97 Å². The van der Waals surface area contributed by atoms with Gasteiger partial charge in [-0.05, 0) is 25.8 Å². The first-order valence-electron chi connectivity index (χ1n) is 7.07. The van der Waals surface area contributed by atoms with E-state index < -0.39 is 5.97 Å². The minimum absolute atomic E-state index is 0.174. The van der Waals surface area contributed by atoms with Gasteiger partial charge in [0.05, 0.1) is 0 Å². The van der Waals surface area contributed by atoms with Crippen LogP contribution < -0.4 is 4.90 Å². The molecule has 0 amide bonds. The summed E-state index contributed by atoms with van der Waals surface area (Å²) in [5.74, 6) is 0.129. The Morgan fingerprint density at radius 2 is 2.05 bits per heavy atom. The van der Waals surface area contributed by atoms with Crippen LogP contribution in [0.1, 0.15) is 28.8 Å². The second-order valence-corrected chi connectivity index (χ2v) is 5.30. The molecule has 108 valence electrons. The molecule has 1 aliphatic heterocycles.